The zero-order valence-electron chi connectivity index (χ0n) is 12.0. The van der Waals surface area contributed by atoms with Gasteiger partial charge in [-0.1, -0.05) is 12.1 Å². The molecule has 0 atom stereocenters. The number of nitrogens with one attached hydrogen (secondary N) is 1. The van der Waals surface area contributed by atoms with Crippen molar-refractivity contribution in [2.24, 2.45) is 0 Å². The molecule has 1 heterocycles. The van der Waals surface area contributed by atoms with Crippen molar-refractivity contribution < 1.29 is 0 Å². The molecule has 18 heavy (non-hydrogen) atoms. The zero-order chi connectivity index (χ0) is 13.1. The Morgan fingerprint density at radius 3 is 2.83 bits per heavy atom. The van der Waals surface area contributed by atoms with Gasteiger partial charge < -0.3 is 10.2 Å². The van der Waals surface area contributed by atoms with E-state index in [0.29, 0.717) is 0 Å². The van der Waals surface area contributed by atoms with Crippen molar-refractivity contribution in [1.82, 2.24) is 5.32 Å². The number of benzene rings is 1. The number of aryl methyl sites for hydroxylation is 2. The van der Waals surface area contributed by atoms with Gasteiger partial charge in [0.15, 0.2) is 0 Å². The van der Waals surface area contributed by atoms with Crippen LogP contribution in [0.25, 0.3) is 0 Å². The van der Waals surface area contributed by atoms with Gasteiger partial charge in [0.1, 0.15) is 0 Å². The first-order chi connectivity index (χ1) is 8.65. The molecule has 0 radical (unpaired) electrons. The number of likely N-dealkylation sites (N-methyl/N-ethyl adjacent to an activating group) is 1. The molecule has 0 saturated heterocycles. The largest absolute Gasteiger partial charge is 0.390 e. The zero-order valence-corrected chi connectivity index (χ0v) is 12.0. The second-order valence-electron chi connectivity index (χ2n) is 5.17. The Hall–Kier alpha value is -1.44. The summed E-state index contributed by atoms with van der Waals surface area (Å²) in [5.41, 5.74) is 7.08. The molecule has 1 aliphatic rings. The van der Waals surface area contributed by atoms with Crippen LogP contribution in [0.2, 0.25) is 0 Å². The summed E-state index contributed by atoms with van der Waals surface area (Å²) < 4.78 is 0. The van der Waals surface area contributed by atoms with Crippen LogP contribution in [0.3, 0.4) is 0 Å². The summed E-state index contributed by atoms with van der Waals surface area (Å²) in [6, 6.07) is 4.64. The molecule has 0 aliphatic carbocycles. The second kappa shape index (κ2) is 5.47. The standard InChI is InChI=1S/C16H24N2/c1-5-14(17-4)11-18-8-6-7-15-13(3)9-12(2)10-16(15)18/h5,9-10,17H,6-8,11H2,1-4H3/b14-5-. The average Bonchev–Trinajstić information content (AvgIpc) is 2.36. The number of rotatable bonds is 3. The van der Waals surface area contributed by atoms with Crippen molar-refractivity contribution in [3.63, 3.8) is 0 Å². The van der Waals surface area contributed by atoms with Crippen molar-refractivity contribution in [1.29, 1.82) is 0 Å². The summed E-state index contributed by atoms with van der Waals surface area (Å²) in [6.07, 6.45) is 4.65. The van der Waals surface area contributed by atoms with E-state index < -0.39 is 0 Å². The maximum absolute atomic E-state index is 3.28. The number of hydrogen-bond acceptors (Lipinski definition) is 2. The van der Waals surface area contributed by atoms with E-state index in [2.05, 4.69) is 49.2 Å². The van der Waals surface area contributed by atoms with E-state index >= 15 is 0 Å². The molecule has 2 rings (SSSR count). The fraction of sp³-hybridized carbons (Fsp3) is 0.500. The predicted molar refractivity (Wildman–Crippen MR) is 79.3 cm³/mol. The molecule has 2 nitrogen and oxygen atoms in total. The Morgan fingerprint density at radius 2 is 2.17 bits per heavy atom. The van der Waals surface area contributed by atoms with E-state index in [1.54, 1.807) is 5.56 Å². The van der Waals surface area contributed by atoms with Crippen LogP contribution < -0.4 is 10.2 Å². The molecule has 0 saturated carbocycles. The highest BCUT2D eigenvalue weighted by Crippen LogP contribution is 2.31. The molecule has 0 bridgehead atoms. The van der Waals surface area contributed by atoms with Crippen LogP contribution in [0, 0.1) is 13.8 Å². The van der Waals surface area contributed by atoms with E-state index in [1.165, 1.54) is 35.4 Å². The summed E-state index contributed by atoms with van der Waals surface area (Å²) in [5.74, 6) is 0. The maximum Gasteiger partial charge on any atom is 0.0573 e. The van der Waals surface area contributed by atoms with Crippen LogP contribution in [-0.2, 0) is 6.42 Å². The molecule has 2 heteroatoms. The smallest absolute Gasteiger partial charge is 0.0573 e. The van der Waals surface area contributed by atoms with Gasteiger partial charge in [0.25, 0.3) is 0 Å². The molecule has 0 fully saturated rings. The number of hydrogen-bond donors (Lipinski definition) is 1. The first-order valence-electron chi connectivity index (χ1n) is 6.83. The molecule has 98 valence electrons. The SMILES string of the molecule is C/C=C(/CN1CCCc2c(C)cc(C)cc21)NC. The lowest BCUT2D eigenvalue weighted by Gasteiger charge is -2.33. The minimum Gasteiger partial charge on any atom is -0.390 e. The highest BCUT2D eigenvalue weighted by Gasteiger charge is 2.19. The summed E-state index contributed by atoms with van der Waals surface area (Å²) in [5, 5.41) is 3.28. The number of anilines is 1. The fourth-order valence-electron chi connectivity index (χ4n) is 2.83. The van der Waals surface area contributed by atoms with Crippen LogP contribution in [0.1, 0.15) is 30.0 Å². The predicted octanol–water partition coefficient (Wildman–Crippen LogP) is 3.18. The Bertz CT molecular complexity index is 460. The Morgan fingerprint density at radius 1 is 1.39 bits per heavy atom. The van der Waals surface area contributed by atoms with Crippen molar-refractivity contribution in [2.75, 3.05) is 25.0 Å². The van der Waals surface area contributed by atoms with Crippen molar-refractivity contribution in [3.8, 4) is 0 Å². The Labute approximate surface area is 111 Å². The Balaban J connectivity index is 2.33. The minimum atomic E-state index is 0.989. The molecule has 1 N–H and O–H groups in total. The number of allylic oxidation sites excluding steroid dienone is 1. The topological polar surface area (TPSA) is 15.3 Å². The summed E-state index contributed by atoms with van der Waals surface area (Å²) in [4.78, 5) is 2.50. The van der Waals surface area contributed by atoms with Gasteiger partial charge >= 0.3 is 0 Å². The third-order valence-electron chi connectivity index (χ3n) is 3.82. The van der Waals surface area contributed by atoms with Gasteiger partial charge in [0.2, 0.25) is 0 Å². The first kappa shape index (κ1) is 13.0. The molecule has 1 aromatic rings. The van der Waals surface area contributed by atoms with Crippen molar-refractivity contribution in [3.05, 3.63) is 40.6 Å². The maximum atomic E-state index is 3.28. The van der Waals surface area contributed by atoms with Gasteiger partial charge in [-0.3, -0.25) is 0 Å². The van der Waals surface area contributed by atoms with E-state index in [-0.39, 0.29) is 0 Å². The Kier molecular flexibility index (Phi) is 3.95. The third-order valence-corrected chi connectivity index (χ3v) is 3.82. The van der Waals surface area contributed by atoms with Crippen molar-refractivity contribution in [2.45, 2.75) is 33.6 Å². The lowest BCUT2D eigenvalue weighted by molar-refractivity contribution is 0.697. The molecular weight excluding hydrogens is 220 g/mol. The molecular formula is C16H24N2. The van der Waals surface area contributed by atoms with Crippen molar-refractivity contribution >= 4 is 5.69 Å². The van der Waals surface area contributed by atoms with Crippen LogP contribution in [0.4, 0.5) is 5.69 Å². The van der Waals surface area contributed by atoms with E-state index in [0.717, 1.165) is 13.1 Å². The normalized spacial score (nSPS) is 15.6. The fourth-order valence-corrected chi connectivity index (χ4v) is 2.83. The molecule has 0 unspecified atom stereocenters. The highest BCUT2D eigenvalue weighted by molar-refractivity contribution is 5.60. The van der Waals surface area contributed by atoms with Gasteiger partial charge in [0.05, 0.1) is 6.54 Å². The quantitative estimate of drug-likeness (QED) is 0.878. The summed E-state index contributed by atoms with van der Waals surface area (Å²) in [6.45, 7) is 8.68. The molecule has 1 aromatic carbocycles. The highest BCUT2D eigenvalue weighted by atomic mass is 15.2. The second-order valence-corrected chi connectivity index (χ2v) is 5.17. The van der Waals surface area contributed by atoms with Gasteiger partial charge in [-0.15, -0.1) is 0 Å². The average molecular weight is 244 g/mol. The first-order valence-corrected chi connectivity index (χ1v) is 6.83. The van der Waals surface area contributed by atoms with Crippen LogP contribution in [0.5, 0.6) is 0 Å². The van der Waals surface area contributed by atoms with E-state index in [4.69, 9.17) is 0 Å². The van der Waals surface area contributed by atoms with Crippen LogP contribution in [0.15, 0.2) is 23.9 Å². The van der Waals surface area contributed by atoms with Gasteiger partial charge in [-0.25, -0.2) is 0 Å². The third kappa shape index (κ3) is 2.53. The van der Waals surface area contributed by atoms with Crippen LogP contribution in [-0.4, -0.2) is 20.1 Å². The lowest BCUT2D eigenvalue weighted by Crippen LogP contribution is -2.34. The van der Waals surface area contributed by atoms with E-state index in [1.807, 2.05) is 7.05 Å². The van der Waals surface area contributed by atoms with E-state index in [9.17, 15) is 0 Å². The molecule has 1 aliphatic heterocycles. The van der Waals surface area contributed by atoms with Crippen LogP contribution >= 0.6 is 0 Å². The number of nitrogens with zero attached hydrogens (tertiary/aromatic N) is 1. The molecule has 0 spiro atoms. The minimum absolute atomic E-state index is 0.989. The van der Waals surface area contributed by atoms with Gasteiger partial charge in [-0.2, -0.15) is 0 Å². The molecule has 0 amide bonds. The molecule has 0 aromatic heterocycles. The summed E-state index contributed by atoms with van der Waals surface area (Å²) in [7, 11) is 2.00. The van der Waals surface area contributed by atoms with Gasteiger partial charge in [-0.05, 0) is 56.4 Å². The monoisotopic (exact) mass is 244 g/mol. The lowest BCUT2D eigenvalue weighted by atomic mass is 9.95. The summed E-state index contributed by atoms with van der Waals surface area (Å²) >= 11 is 0. The van der Waals surface area contributed by atoms with Gasteiger partial charge in [0, 0.05) is 25.0 Å². The number of fused-ring (bicyclic) bond motifs is 1.